The lowest BCUT2D eigenvalue weighted by molar-refractivity contribution is -0.139. The first-order valence-corrected chi connectivity index (χ1v) is 7.86. The van der Waals surface area contributed by atoms with Crippen LogP contribution in [0, 0.1) is 11.8 Å². The molecule has 1 saturated heterocycles. The number of methoxy groups -OCH3 is 1. The third-order valence-corrected chi connectivity index (χ3v) is 4.74. The summed E-state index contributed by atoms with van der Waals surface area (Å²) in [6, 6.07) is 8.09. The summed E-state index contributed by atoms with van der Waals surface area (Å²) in [6.07, 6.45) is 2.41. The molecule has 1 amide bonds. The van der Waals surface area contributed by atoms with E-state index in [0.717, 1.165) is 30.9 Å². The van der Waals surface area contributed by atoms with E-state index in [1.807, 2.05) is 18.2 Å². The Balaban J connectivity index is 0.00000176. The fraction of sp³-hybridized carbons (Fsp3) is 0.588. The molecule has 4 nitrogen and oxygen atoms in total. The van der Waals surface area contributed by atoms with Crippen molar-refractivity contribution in [2.24, 2.45) is 11.8 Å². The smallest absolute Gasteiger partial charge is 0.226 e. The van der Waals surface area contributed by atoms with Crippen LogP contribution in [0.3, 0.4) is 0 Å². The summed E-state index contributed by atoms with van der Waals surface area (Å²) in [6.45, 7) is 4.53. The molecule has 1 aliphatic heterocycles. The van der Waals surface area contributed by atoms with Crippen molar-refractivity contribution in [3.63, 3.8) is 0 Å². The molecule has 122 valence electrons. The second-order valence-electron chi connectivity index (χ2n) is 6.12. The standard InChI is InChI=1S/C17H24N2O2.ClH/c1-12(13-7-8-13)17(20)19-10-9-18-11-15(19)14-5-3-4-6-16(14)21-2;/h3-6,12-13,15,18H,7-11H2,1-2H3;1H. The molecule has 5 heteroatoms. The summed E-state index contributed by atoms with van der Waals surface area (Å²) in [5.74, 6) is 1.92. The van der Waals surface area contributed by atoms with Crippen LogP contribution in [0.1, 0.15) is 31.4 Å². The van der Waals surface area contributed by atoms with Crippen molar-refractivity contribution in [1.82, 2.24) is 10.2 Å². The Kier molecular flexibility index (Phi) is 5.70. The van der Waals surface area contributed by atoms with Crippen LogP contribution in [0.5, 0.6) is 5.75 Å². The highest BCUT2D eigenvalue weighted by molar-refractivity contribution is 5.85. The van der Waals surface area contributed by atoms with E-state index in [0.29, 0.717) is 11.8 Å². The second kappa shape index (κ2) is 7.34. The van der Waals surface area contributed by atoms with Gasteiger partial charge in [0, 0.05) is 31.1 Å². The van der Waals surface area contributed by atoms with E-state index in [9.17, 15) is 4.79 Å². The summed E-state index contributed by atoms with van der Waals surface area (Å²) in [7, 11) is 1.69. The van der Waals surface area contributed by atoms with Crippen molar-refractivity contribution in [3.8, 4) is 5.75 Å². The number of piperazine rings is 1. The molecule has 2 atom stereocenters. The number of ether oxygens (including phenoxy) is 1. The molecule has 0 radical (unpaired) electrons. The fourth-order valence-electron chi connectivity index (χ4n) is 3.25. The van der Waals surface area contributed by atoms with E-state index in [1.54, 1.807) is 7.11 Å². The molecule has 1 aromatic carbocycles. The lowest BCUT2D eigenvalue weighted by atomic mass is 9.98. The summed E-state index contributed by atoms with van der Waals surface area (Å²) in [4.78, 5) is 14.9. The van der Waals surface area contributed by atoms with Crippen LogP contribution in [-0.2, 0) is 4.79 Å². The molecule has 1 saturated carbocycles. The van der Waals surface area contributed by atoms with Crippen molar-refractivity contribution in [1.29, 1.82) is 0 Å². The minimum Gasteiger partial charge on any atom is -0.496 e. The monoisotopic (exact) mass is 324 g/mol. The van der Waals surface area contributed by atoms with E-state index in [2.05, 4.69) is 23.2 Å². The van der Waals surface area contributed by atoms with Crippen LogP contribution in [-0.4, -0.2) is 37.6 Å². The van der Waals surface area contributed by atoms with Crippen molar-refractivity contribution < 1.29 is 9.53 Å². The summed E-state index contributed by atoms with van der Waals surface area (Å²) in [5.41, 5.74) is 1.10. The molecule has 1 N–H and O–H groups in total. The Morgan fingerprint density at radius 1 is 1.36 bits per heavy atom. The zero-order valence-electron chi connectivity index (χ0n) is 13.2. The first-order chi connectivity index (χ1) is 10.2. The van der Waals surface area contributed by atoms with E-state index in [4.69, 9.17) is 4.74 Å². The van der Waals surface area contributed by atoms with Crippen LogP contribution in [0.2, 0.25) is 0 Å². The predicted molar refractivity (Wildman–Crippen MR) is 89.5 cm³/mol. The van der Waals surface area contributed by atoms with Gasteiger partial charge in [-0.2, -0.15) is 0 Å². The molecule has 22 heavy (non-hydrogen) atoms. The fourth-order valence-corrected chi connectivity index (χ4v) is 3.25. The first-order valence-electron chi connectivity index (χ1n) is 7.86. The molecule has 1 heterocycles. The lowest BCUT2D eigenvalue weighted by Crippen LogP contribution is -2.50. The van der Waals surface area contributed by atoms with Gasteiger partial charge in [-0.05, 0) is 24.8 Å². The SMILES string of the molecule is COc1ccccc1C1CNCCN1C(=O)C(C)C1CC1.Cl. The molecule has 2 aliphatic rings. The lowest BCUT2D eigenvalue weighted by Gasteiger charge is -2.38. The van der Waals surface area contributed by atoms with E-state index >= 15 is 0 Å². The highest BCUT2D eigenvalue weighted by Crippen LogP contribution is 2.39. The van der Waals surface area contributed by atoms with Crippen LogP contribution in [0.25, 0.3) is 0 Å². The summed E-state index contributed by atoms with van der Waals surface area (Å²) >= 11 is 0. The average Bonchev–Trinajstić information content (AvgIpc) is 3.38. The number of carbonyl (C=O) groups excluding carboxylic acids is 1. The maximum absolute atomic E-state index is 12.8. The van der Waals surface area contributed by atoms with Crippen molar-refractivity contribution in [2.75, 3.05) is 26.7 Å². The van der Waals surface area contributed by atoms with Crippen molar-refractivity contribution in [2.45, 2.75) is 25.8 Å². The molecular formula is C17H25ClN2O2. The van der Waals surface area contributed by atoms with Gasteiger partial charge in [-0.3, -0.25) is 4.79 Å². The van der Waals surface area contributed by atoms with Crippen molar-refractivity contribution >= 4 is 18.3 Å². The molecule has 3 rings (SSSR count). The number of benzene rings is 1. The van der Waals surface area contributed by atoms with Gasteiger partial charge in [-0.1, -0.05) is 25.1 Å². The molecule has 0 bridgehead atoms. The van der Waals surface area contributed by atoms with Gasteiger partial charge < -0.3 is 15.0 Å². The maximum atomic E-state index is 12.8. The highest BCUT2D eigenvalue weighted by atomic mass is 35.5. The number of nitrogens with zero attached hydrogens (tertiary/aromatic N) is 1. The minimum absolute atomic E-state index is 0. The van der Waals surface area contributed by atoms with Gasteiger partial charge in [0.25, 0.3) is 0 Å². The van der Waals surface area contributed by atoms with Gasteiger partial charge >= 0.3 is 0 Å². The largest absolute Gasteiger partial charge is 0.496 e. The maximum Gasteiger partial charge on any atom is 0.226 e. The number of para-hydroxylation sites is 1. The topological polar surface area (TPSA) is 41.6 Å². The number of nitrogens with one attached hydrogen (secondary N) is 1. The van der Waals surface area contributed by atoms with Gasteiger partial charge in [0.2, 0.25) is 5.91 Å². The van der Waals surface area contributed by atoms with Crippen LogP contribution >= 0.6 is 12.4 Å². The molecule has 0 spiro atoms. The number of hydrogen-bond acceptors (Lipinski definition) is 3. The zero-order valence-corrected chi connectivity index (χ0v) is 14.1. The summed E-state index contributed by atoms with van der Waals surface area (Å²) < 4.78 is 5.48. The number of hydrogen-bond donors (Lipinski definition) is 1. The van der Waals surface area contributed by atoms with Gasteiger partial charge in [0.05, 0.1) is 13.2 Å². The van der Waals surface area contributed by atoms with E-state index in [1.165, 1.54) is 12.8 Å². The van der Waals surface area contributed by atoms with Gasteiger partial charge in [-0.15, -0.1) is 12.4 Å². The summed E-state index contributed by atoms with van der Waals surface area (Å²) in [5, 5.41) is 3.40. The zero-order chi connectivity index (χ0) is 14.8. The Hall–Kier alpha value is -1.26. The quantitative estimate of drug-likeness (QED) is 0.925. The van der Waals surface area contributed by atoms with Crippen LogP contribution < -0.4 is 10.1 Å². The highest BCUT2D eigenvalue weighted by Gasteiger charge is 2.38. The third kappa shape index (κ3) is 3.39. The Morgan fingerprint density at radius 2 is 2.09 bits per heavy atom. The molecule has 2 fully saturated rings. The number of halogens is 1. The first kappa shape index (κ1) is 17.1. The molecule has 1 aliphatic carbocycles. The van der Waals surface area contributed by atoms with Gasteiger partial charge in [-0.25, -0.2) is 0 Å². The van der Waals surface area contributed by atoms with Gasteiger partial charge in [0.1, 0.15) is 5.75 Å². The molecular weight excluding hydrogens is 300 g/mol. The predicted octanol–water partition coefficient (Wildman–Crippen LogP) is 2.64. The second-order valence-corrected chi connectivity index (χ2v) is 6.12. The normalized spacial score (nSPS) is 22.6. The van der Waals surface area contributed by atoms with E-state index < -0.39 is 0 Å². The Bertz CT molecular complexity index is 519. The van der Waals surface area contributed by atoms with Crippen molar-refractivity contribution in [3.05, 3.63) is 29.8 Å². The van der Waals surface area contributed by atoms with Crippen LogP contribution in [0.4, 0.5) is 0 Å². The van der Waals surface area contributed by atoms with Crippen LogP contribution in [0.15, 0.2) is 24.3 Å². The molecule has 0 aromatic heterocycles. The Labute approximate surface area is 138 Å². The molecule has 2 unspecified atom stereocenters. The average molecular weight is 325 g/mol. The van der Waals surface area contributed by atoms with E-state index in [-0.39, 0.29) is 24.4 Å². The number of amides is 1. The minimum atomic E-state index is 0. The molecule has 1 aromatic rings. The Morgan fingerprint density at radius 3 is 2.77 bits per heavy atom. The third-order valence-electron chi connectivity index (χ3n) is 4.74. The number of carbonyl (C=O) groups is 1. The van der Waals surface area contributed by atoms with Gasteiger partial charge in [0.15, 0.2) is 0 Å². The number of rotatable bonds is 4.